The van der Waals surface area contributed by atoms with Crippen molar-refractivity contribution in [3.63, 3.8) is 0 Å². The molecule has 0 aromatic heterocycles. The molecule has 1 amide bonds. The van der Waals surface area contributed by atoms with Crippen molar-refractivity contribution in [2.24, 2.45) is 5.92 Å². The van der Waals surface area contributed by atoms with Crippen molar-refractivity contribution in [1.29, 1.82) is 0 Å². The predicted octanol–water partition coefficient (Wildman–Crippen LogP) is 4.44. The van der Waals surface area contributed by atoms with Crippen LogP contribution in [0.3, 0.4) is 0 Å². The monoisotopic (exact) mass is 466 g/mol. The van der Waals surface area contributed by atoms with Crippen molar-refractivity contribution < 1.29 is 17.6 Å². The van der Waals surface area contributed by atoms with Crippen molar-refractivity contribution in [2.45, 2.75) is 30.7 Å². The van der Waals surface area contributed by atoms with Gasteiger partial charge < -0.3 is 5.32 Å². The normalized spacial score (nSPS) is 16.3. The highest BCUT2D eigenvalue weighted by molar-refractivity contribution is 7.89. The zero-order valence-corrected chi connectivity index (χ0v) is 19.3. The van der Waals surface area contributed by atoms with Crippen molar-refractivity contribution in [3.8, 4) is 0 Å². The predicted molar refractivity (Wildman–Crippen MR) is 125 cm³/mol. The topological polar surface area (TPSA) is 66.5 Å². The van der Waals surface area contributed by atoms with Gasteiger partial charge in [-0.3, -0.25) is 4.79 Å². The van der Waals surface area contributed by atoms with E-state index in [-0.39, 0.29) is 35.9 Å². The number of sulfonamides is 1. The lowest BCUT2D eigenvalue weighted by Crippen LogP contribution is -2.43. The Morgan fingerprint density at radius 1 is 0.909 bits per heavy atom. The molecule has 1 atom stereocenters. The molecule has 1 heterocycles. The van der Waals surface area contributed by atoms with Gasteiger partial charge in [-0.25, -0.2) is 12.8 Å². The first-order valence-corrected chi connectivity index (χ1v) is 12.5. The number of rotatable bonds is 6. The van der Waals surface area contributed by atoms with Gasteiger partial charge in [-0.05, 0) is 55.2 Å². The van der Waals surface area contributed by atoms with Crippen LogP contribution in [-0.4, -0.2) is 31.7 Å². The van der Waals surface area contributed by atoms with Crippen LogP contribution in [0.2, 0.25) is 0 Å². The van der Waals surface area contributed by atoms with Gasteiger partial charge >= 0.3 is 0 Å². The quantitative estimate of drug-likeness (QED) is 0.584. The molecular weight excluding hydrogens is 439 g/mol. The van der Waals surface area contributed by atoms with Crippen LogP contribution in [-0.2, 0) is 14.8 Å². The van der Waals surface area contributed by atoms with E-state index in [2.05, 4.69) is 5.32 Å². The number of hydrogen-bond donors (Lipinski definition) is 1. The molecule has 0 bridgehead atoms. The number of amides is 1. The molecule has 3 aromatic carbocycles. The van der Waals surface area contributed by atoms with E-state index in [1.807, 2.05) is 61.5 Å². The fourth-order valence-corrected chi connectivity index (χ4v) is 5.61. The second kappa shape index (κ2) is 9.85. The SMILES string of the molecule is Cc1ccc([C@H](NC(=O)C2CCN(S(=O)(=O)c3ccc(F)cc3)CC2)c2ccccc2)cc1. The highest BCUT2D eigenvalue weighted by Crippen LogP contribution is 2.27. The van der Waals surface area contributed by atoms with Gasteiger partial charge in [-0.2, -0.15) is 4.31 Å². The van der Waals surface area contributed by atoms with Crippen LogP contribution in [0.25, 0.3) is 0 Å². The van der Waals surface area contributed by atoms with Gasteiger partial charge in [-0.15, -0.1) is 0 Å². The summed E-state index contributed by atoms with van der Waals surface area (Å²) in [7, 11) is -3.71. The van der Waals surface area contributed by atoms with Crippen LogP contribution >= 0.6 is 0 Å². The van der Waals surface area contributed by atoms with Gasteiger partial charge in [0.2, 0.25) is 15.9 Å². The summed E-state index contributed by atoms with van der Waals surface area (Å²) in [6, 6.07) is 22.4. The largest absolute Gasteiger partial charge is 0.345 e. The lowest BCUT2D eigenvalue weighted by molar-refractivity contribution is -0.126. The Labute approximate surface area is 194 Å². The van der Waals surface area contributed by atoms with Crippen molar-refractivity contribution in [2.75, 3.05) is 13.1 Å². The van der Waals surface area contributed by atoms with Crippen LogP contribution in [0, 0.1) is 18.7 Å². The van der Waals surface area contributed by atoms with Gasteiger partial charge in [0.25, 0.3) is 0 Å². The number of nitrogens with one attached hydrogen (secondary N) is 1. The van der Waals surface area contributed by atoms with Crippen LogP contribution < -0.4 is 5.32 Å². The van der Waals surface area contributed by atoms with Crippen molar-refractivity contribution >= 4 is 15.9 Å². The van der Waals surface area contributed by atoms with E-state index < -0.39 is 15.8 Å². The lowest BCUT2D eigenvalue weighted by atomic mass is 9.94. The maximum atomic E-state index is 13.2. The number of benzene rings is 3. The lowest BCUT2D eigenvalue weighted by Gasteiger charge is -2.31. The molecule has 172 valence electrons. The fourth-order valence-electron chi connectivity index (χ4n) is 4.14. The summed E-state index contributed by atoms with van der Waals surface area (Å²) in [6.45, 7) is 2.52. The number of halogens is 1. The Hall–Kier alpha value is -3.03. The molecule has 4 rings (SSSR count). The second-order valence-electron chi connectivity index (χ2n) is 8.40. The first kappa shape index (κ1) is 23.1. The molecule has 1 fully saturated rings. The van der Waals surface area contributed by atoms with E-state index in [1.165, 1.54) is 16.4 Å². The average Bonchev–Trinajstić information content (AvgIpc) is 2.84. The molecule has 0 saturated carbocycles. The molecule has 7 heteroatoms. The number of piperidine rings is 1. The summed E-state index contributed by atoms with van der Waals surface area (Å²) >= 11 is 0. The third-order valence-electron chi connectivity index (χ3n) is 6.11. The summed E-state index contributed by atoms with van der Waals surface area (Å²) in [4.78, 5) is 13.2. The molecule has 0 unspecified atom stereocenters. The highest BCUT2D eigenvalue weighted by atomic mass is 32.2. The third kappa shape index (κ3) is 5.31. The fraction of sp³-hybridized carbons (Fsp3) is 0.269. The summed E-state index contributed by atoms with van der Waals surface area (Å²) in [5.74, 6) is -0.838. The Morgan fingerprint density at radius 2 is 1.48 bits per heavy atom. The molecule has 1 saturated heterocycles. The smallest absolute Gasteiger partial charge is 0.243 e. The molecule has 0 radical (unpaired) electrons. The number of nitrogens with zero attached hydrogens (tertiary/aromatic N) is 1. The third-order valence-corrected chi connectivity index (χ3v) is 8.02. The van der Waals surface area contributed by atoms with Crippen molar-refractivity contribution in [3.05, 3.63) is 101 Å². The maximum absolute atomic E-state index is 13.2. The Kier molecular flexibility index (Phi) is 6.91. The number of carbonyl (C=O) groups is 1. The average molecular weight is 467 g/mol. The summed E-state index contributed by atoms with van der Waals surface area (Å²) < 4.78 is 40.3. The standard InChI is InChI=1S/C26H27FN2O3S/c1-19-7-9-21(10-8-19)25(20-5-3-2-4-6-20)28-26(30)22-15-17-29(18-16-22)33(31,32)24-13-11-23(27)12-14-24/h2-14,22,25H,15-18H2,1H3,(H,28,30)/t25-/m1/s1. The van der Waals surface area contributed by atoms with Crippen LogP contribution in [0.1, 0.15) is 35.6 Å². The van der Waals surface area contributed by atoms with E-state index in [4.69, 9.17) is 0 Å². The summed E-state index contributed by atoms with van der Waals surface area (Å²) in [6.07, 6.45) is 0.864. The first-order valence-electron chi connectivity index (χ1n) is 11.0. The molecule has 0 aliphatic carbocycles. The second-order valence-corrected chi connectivity index (χ2v) is 10.3. The number of aryl methyl sites for hydroxylation is 1. The van der Waals surface area contributed by atoms with E-state index in [1.54, 1.807) is 0 Å². The Balaban J connectivity index is 1.45. The number of hydrogen-bond acceptors (Lipinski definition) is 3. The first-order chi connectivity index (χ1) is 15.8. The van der Waals surface area contributed by atoms with E-state index >= 15 is 0 Å². The molecule has 33 heavy (non-hydrogen) atoms. The Morgan fingerprint density at radius 3 is 2.09 bits per heavy atom. The maximum Gasteiger partial charge on any atom is 0.243 e. The van der Waals surface area contributed by atoms with E-state index in [0.717, 1.165) is 28.8 Å². The molecule has 0 spiro atoms. The molecule has 1 N–H and O–H groups in total. The van der Waals surface area contributed by atoms with Crippen LogP contribution in [0.4, 0.5) is 4.39 Å². The van der Waals surface area contributed by atoms with Crippen molar-refractivity contribution in [1.82, 2.24) is 9.62 Å². The Bertz CT molecular complexity index is 1190. The minimum Gasteiger partial charge on any atom is -0.345 e. The van der Waals surface area contributed by atoms with Crippen LogP contribution in [0.15, 0.2) is 83.8 Å². The van der Waals surface area contributed by atoms with Gasteiger partial charge in [0.05, 0.1) is 10.9 Å². The molecular formula is C26H27FN2O3S. The minimum absolute atomic E-state index is 0.0651. The van der Waals surface area contributed by atoms with Gasteiger partial charge in [-0.1, -0.05) is 60.2 Å². The van der Waals surface area contributed by atoms with E-state index in [9.17, 15) is 17.6 Å². The molecule has 1 aliphatic rings. The molecule has 1 aliphatic heterocycles. The molecule has 3 aromatic rings. The van der Waals surface area contributed by atoms with Gasteiger partial charge in [0.1, 0.15) is 5.82 Å². The van der Waals surface area contributed by atoms with E-state index in [0.29, 0.717) is 12.8 Å². The van der Waals surface area contributed by atoms with Gasteiger partial charge in [0, 0.05) is 19.0 Å². The summed E-state index contributed by atoms with van der Waals surface area (Å²) in [5.41, 5.74) is 3.13. The molecule has 5 nitrogen and oxygen atoms in total. The minimum atomic E-state index is -3.71. The number of carbonyl (C=O) groups excluding carboxylic acids is 1. The van der Waals surface area contributed by atoms with Gasteiger partial charge in [0.15, 0.2) is 0 Å². The van der Waals surface area contributed by atoms with Crippen LogP contribution in [0.5, 0.6) is 0 Å². The zero-order valence-electron chi connectivity index (χ0n) is 18.4. The summed E-state index contributed by atoms with van der Waals surface area (Å²) in [5, 5.41) is 3.18. The zero-order chi connectivity index (χ0) is 23.4. The highest BCUT2D eigenvalue weighted by Gasteiger charge is 2.33.